The maximum absolute atomic E-state index is 12.7. The summed E-state index contributed by atoms with van der Waals surface area (Å²) in [6.45, 7) is 4.06. The number of hydrogen-bond acceptors (Lipinski definition) is 3. The standard InChI is InChI=1S/C16H19BrO3/c1-11-2-3-13(14(17)8-11)15(18)12-4-6-20-16(9-12)5-7-19-10-16/h2-3,8,12H,4-7,9-10H2,1H3. The maximum atomic E-state index is 12.7. The highest BCUT2D eigenvalue weighted by molar-refractivity contribution is 9.10. The molecule has 20 heavy (non-hydrogen) atoms. The van der Waals surface area contributed by atoms with Crippen LogP contribution in [-0.2, 0) is 9.47 Å². The summed E-state index contributed by atoms with van der Waals surface area (Å²) in [5.41, 5.74) is 1.73. The molecule has 1 aromatic rings. The summed E-state index contributed by atoms with van der Waals surface area (Å²) in [6, 6.07) is 5.92. The van der Waals surface area contributed by atoms with E-state index in [1.165, 1.54) is 0 Å². The van der Waals surface area contributed by atoms with Crippen LogP contribution in [0.5, 0.6) is 0 Å². The van der Waals surface area contributed by atoms with Gasteiger partial charge in [0.2, 0.25) is 0 Å². The number of hydrogen-bond donors (Lipinski definition) is 0. The Morgan fingerprint density at radius 2 is 2.25 bits per heavy atom. The van der Waals surface area contributed by atoms with Crippen molar-refractivity contribution in [1.82, 2.24) is 0 Å². The highest BCUT2D eigenvalue weighted by atomic mass is 79.9. The predicted molar refractivity (Wildman–Crippen MR) is 80.1 cm³/mol. The zero-order chi connectivity index (χ0) is 14.2. The molecule has 1 spiro atoms. The van der Waals surface area contributed by atoms with Crippen LogP contribution in [0.15, 0.2) is 22.7 Å². The van der Waals surface area contributed by atoms with E-state index in [0.29, 0.717) is 13.2 Å². The number of halogens is 1. The molecule has 2 atom stereocenters. The first kappa shape index (κ1) is 14.2. The van der Waals surface area contributed by atoms with E-state index in [-0.39, 0.29) is 17.3 Å². The molecule has 2 aliphatic rings. The molecule has 2 fully saturated rings. The molecule has 108 valence electrons. The first-order valence-electron chi connectivity index (χ1n) is 7.12. The summed E-state index contributed by atoms with van der Waals surface area (Å²) in [4.78, 5) is 12.7. The van der Waals surface area contributed by atoms with Crippen molar-refractivity contribution in [3.05, 3.63) is 33.8 Å². The van der Waals surface area contributed by atoms with Crippen LogP contribution in [0.1, 0.15) is 35.2 Å². The first-order valence-corrected chi connectivity index (χ1v) is 7.91. The third-order valence-corrected chi connectivity index (χ3v) is 4.98. The fourth-order valence-electron chi connectivity index (χ4n) is 3.15. The van der Waals surface area contributed by atoms with Gasteiger partial charge in [0.05, 0.1) is 12.2 Å². The van der Waals surface area contributed by atoms with E-state index in [0.717, 1.165) is 41.5 Å². The predicted octanol–water partition coefficient (Wildman–Crippen LogP) is 3.53. The molecule has 3 nitrogen and oxygen atoms in total. The van der Waals surface area contributed by atoms with E-state index >= 15 is 0 Å². The largest absolute Gasteiger partial charge is 0.378 e. The molecule has 0 aromatic heterocycles. The summed E-state index contributed by atoms with van der Waals surface area (Å²) in [5, 5.41) is 0. The van der Waals surface area contributed by atoms with Crippen molar-refractivity contribution in [1.29, 1.82) is 0 Å². The van der Waals surface area contributed by atoms with E-state index in [4.69, 9.17) is 9.47 Å². The Morgan fingerprint density at radius 3 is 2.95 bits per heavy atom. The van der Waals surface area contributed by atoms with Crippen molar-refractivity contribution in [2.75, 3.05) is 19.8 Å². The lowest BCUT2D eigenvalue weighted by atomic mass is 9.81. The Labute approximate surface area is 127 Å². The zero-order valence-electron chi connectivity index (χ0n) is 11.7. The molecule has 0 aliphatic carbocycles. The summed E-state index contributed by atoms with van der Waals surface area (Å²) < 4.78 is 12.3. The molecule has 2 heterocycles. The lowest BCUT2D eigenvalue weighted by molar-refractivity contribution is -0.0920. The van der Waals surface area contributed by atoms with Crippen LogP contribution in [0, 0.1) is 12.8 Å². The third-order valence-electron chi connectivity index (χ3n) is 4.32. The van der Waals surface area contributed by atoms with Crippen LogP contribution in [0.25, 0.3) is 0 Å². The molecule has 0 bridgehead atoms. The van der Waals surface area contributed by atoms with E-state index in [9.17, 15) is 4.79 Å². The van der Waals surface area contributed by atoms with Crippen LogP contribution in [0.4, 0.5) is 0 Å². The minimum absolute atomic E-state index is 0.0458. The van der Waals surface area contributed by atoms with Gasteiger partial charge in [-0.1, -0.05) is 22.0 Å². The van der Waals surface area contributed by atoms with Crippen molar-refractivity contribution in [2.24, 2.45) is 5.92 Å². The smallest absolute Gasteiger partial charge is 0.167 e. The maximum Gasteiger partial charge on any atom is 0.167 e. The summed E-state index contributed by atoms with van der Waals surface area (Å²) >= 11 is 3.51. The Bertz CT molecular complexity index is 520. The van der Waals surface area contributed by atoms with Gasteiger partial charge in [-0.3, -0.25) is 4.79 Å². The number of benzene rings is 1. The molecule has 0 amide bonds. The van der Waals surface area contributed by atoms with Crippen LogP contribution < -0.4 is 0 Å². The Balaban J connectivity index is 1.79. The van der Waals surface area contributed by atoms with Gasteiger partial charge in [-0.15, -0.1) is 0 Å². The monoisotopic (exact) mass is 338 g/mol. The van der Waals surface area contributed by atoms with E-state index < -0.39 is 0 Å². The number of ketones is 1. The van der Waals surface area contributed by atoms with Gasteiger partial charge in [0, 0.05) is 35.6 Å². The van der Waals surface area contributed by atoms with E-state index in [2.05, 4.69) is 15.9 Å². The molecule has 2 saturated heterocycles. The summed E-state index contributed by atoms with van der Waals surface area (Å²) in [5.74, 6) is 0.274. The van der Waals surface area contributed by atoms with Crippen molar-refractivity contribution in [2.45, 2.75) is 31.8 Å². The van der Waals surface area contributed by atoms with Crippen LogP contribution in [0.3, 0.4) is 0 Å². The third kappa shape index (κ3) is 2.69. The molecule has 2 aliphatic heterocycles. The lowest BCUT2D eigenvalue weighted by Gasteiger charge is -2.36. The highest BCUT2D eigenvalue weighted by Gasteiger charge is 2.43. The highest BCUT2D eigenvalue weighted by Crippen LogP contribution is 2.37. The van der Waals surface area contributed by atoms with Gasteiger partial charge in [-0.2, -0.15) is 0 Å². The molecule has 0 N–H and O–H groups in total. The number of ether oxygens (including phenoxy) is 2. The number of carbonyl (C=O) groups is 1. The van der Waals surface area contributed by atoms with Gasteiger partial charge < -0.3 is 9.47 Å². The minimum atomic E-state index is -0.213. The molecule has 3 rings (SSSR count). The average Bonchev–Trinajstić information content (AvgIpc) is 2.86. The van der Waals surface area contributed by atoms with Crippen LogP contribution in [0.2, 0.25) is 0 Å². The number of rotatable bonds is 2. The minimum Gasteiger partial charge on any atom is -0.378 e. The van der Waals surface area contributed by atoms with Gasteiger partial charge in [0.15, 0.2) is 5.78 Å². The quantitative estimate of drug-likeness (QED) is 0.774. The average molecular weight is 339 g/mol. The molecular formula is C16H19BrO3. The molecule has 2 unspecified atom stereocenters. The normalized spacial score (nSPS) is 29.8. The van der Waals surface area contributed by atoms with Crippen LogP contribution >= 0.6 is 15.9 Å². The second kappa shape index (κ2) is 5.58. The second-order valence-corrected chi connectivity index (χ2v) is 6.73. The second-order valence-electron chi connectivity index (χ2n) is 5.87. The first-order chi connectivity index (χ1) is 9.60. The van der Waals surface area contributed by atoms with Crippen molar-refractivity contribution in [3.63, 3.8) is 0 Å². The molecule has 0 saturated carbocycles. The van der Waals surface area contributed by atoms with E-state index in [1.807, 2.05) is 25.1 Å². The van der Waals surface area contributed by atoms with Crippen molar-refractivity contribution in [3.8, 4) is 0 Å². The Kier molecular flexibility index (Phi) is 3.98. The van der Waals surface area contributed by atoms with Crippen molar-refractivity contribution < 1.29 is 14.3 Å². The van der Waals surface area contributed by atoms with Gasteiger partial charge in [0.1, 0.15) is 0 Å². The topological polar surface area (TPSA) is 35.5 Å². The molecular weight excluding hydrogens is 320 g/mol. The lowest BCUT2D eigenvalue weighted by Crippen LogP contribution is -2.42. The van der Waals surface area contributed by atoms with Crippen LogP contribution in [-0.4, -0.2) is 31.2 Å². The van der Waals surface area contributed by atoms with Gasteiger partial charge in [-0.25, -0.2) is 0 Å². The molecule has 4 heteroatoms. The zero-order valence-corrected chi connectivity index (χ0v) is 13.2. The number of Topliss-reactive ketones (excluding diaryl/α,β-unsaturated/α-hetero) is 1. The summed E-state index contributed by atoms with van der Waals surface area (Å²) in [7, 11) is 0. The van der Waals surface area contributed by atoms with Gasteiger partial charge in [0.25, 0.3) is 0 Å². The summed E-state index contributed by atoms with van der Waals surface area (Å²) in [6.07, 6.45) is 2.50. The number of aryl methyl sites for hydroxylation is 1. The molecule has 0 radical (unpaired) electrons. The fourth-order valence-corrected chi connectivity index (χ4v) is 3.84. The Morgan fingerprint density at radius 1 is 1.40 bits per heavy atom. The van der Waals surface area contributed by atoms with E-state index in [1.54, 1.807) is 0 Å². The van der Waals surface area contributed by atoms with Gasteiger partial charge >= 0.3 is 0 Å². The number of carbonyl (C=O) groups excluding carboxylic acids is 1. The van der Waals surface area contributed by atoms with Crippen molar-refractivity contribution >= 4 is 21.7 Å². The van der Waals surface area contributed by atoms with Gasteiger partial charge in [-0.05, 0) is 37.5 Å². The fraction of sp³-hybridized carbons (Fsp3) is 0.562. The SMILES string of the molecule is Cc1ccc(C(=O)C2CCOC3(CCOC3)C2)c(Br)c1. The molecule has 1 aromatic carbocycles. The Hall–Kier alpha value is -0.710.